The van der Waals surface area contributed by atoms with E-state index < -0.39 is 10.0 Å². The summed E-state index contributed by atoms with van der Waals surface area (Å²) in [6.45, 7) is 1.99. The van der Waals surface area contributed by atoms with Crippen molar-refractivity contribution < 1.29 is 13.2 Å². The summed E-state index contributed by atoms with van der Waals surface area (Å²) in [5.74, 6) is 0.969. The minimum atomic E-state index is -3.64. The number of anilines is 4. The van der Waals surface area contributed by atoms with E-state index >= 15 is 0 Å². The number of para-hydroxylation sites is 1. The highest BCUT2D eigenvalue weighted by Crippen LogP contribution is 2.32. The van der Waals surface area contributed by atoms with Crippen LogP contribution in [0, 0.1) is 0 Å². The molecule has 0 aliphatic heterocycles. The molecule has 0 aliphatic carbocycles. The maximum atomic E-state index is 12.8. The zero-order chi connectivity index (χ0) is 22.6. The highest BCUT2D eigenvalue weighted by Gasteiger charge is 2.24. The SMILES string of the molecule is CCc1cnc(Nc2ccc(C=O)cc2)nc1N(C)c1ccccc1S(=O)(=O)N(C)C. The molecule has 3 rings (SSSR count). The van der Waals surface area contributed by atoms with Gasteiger partial charge in [0.05, 0.1) is 5.69 Å². The second-order valence-corrected chi connectivity index (χ2v) is 9.20. The van der Waals surface area contributed by atoms with Crippen molar-refractivity contribution in [1.82, 2.24) is 14.3 Å². The van der Waals surface area contributed by atoms with Crippen LogP contribution in [-0.2, 0) is 16.4 Å². The third-order valence-electron chi connectivity index (χ3n) is 4.83. The second kappa shape index (κ2) is 9.23. The van der Waals surface area contributed by atoms with Crippen LogP contribution in [0.25, 0.3) is 0 Å². The summed E-state index contributed by atoms with van der Waals surface area (Å²) in [7, 11) is 1.16. The predicted octanol–water partition coefficient (Wildman–Crippen LogP) is 3.61. The number of rotatable bonds is 8. The summed E-state index contributed by atoms with van der Waals surface area (Å²) in [5.41, 5.74) is 2.71. The number of nitrogens with zero attached hydrogens (tertiary/aromatic N) is 4. The first-order valence-electron chi connectivity index (χ1n) is 9.71. The van der Waals surface area contributed by atoms with Crippen molar-refractivity contribution in [2.24, 2.45) is 0 Å². The molecule has 1 heterocycles. The fraction of sp³-hybridized carbons (Fsp3) is 0.227. The number of aryl methyl sites for hydroxylation is 1. The fourth-order valence-corrected chi connectivity index (χ4v) is 4.15. The number of aldehydes is 1. The molecule has 0 spiro atoms. The third-order valence-corrected chi connectivity index (χ3v) is 6.69. The van der Waals surface area contributed by atoms with Crippen LogP contribution < -0.4 is 10.2 Å². The van der Waals surface area contributed by atoms with Crippen LogP contribution in [-0.4, -0.2) is 50.1 Å². The van der Waals surface area contributed by atoms with E-state index in [1.54, 1.807) is 66.7 Å². The first-order valence-corrected chi connectivity index (χ1v) is 11.2. The highest BCUT2D eigenvalue weighted by molar-refractivity contribution is 7.89. The lowest BCUT2D eigenvalue weighted by atomic mass is 10.2. The number of benzene rings is 2. The van der Waals surface area contributed by atoms with Crippen molar-refractivity contribution in [1.29, 1.82) is 0 Å². The Balaban J connectivity index is 2.02. The summed E-state index contributed by atoms with van der Waals surface area (Å²) in [4.78, 5) is 21.8. The molecule has 31 heavy (non-hydrogen) atoms. The van der Waals surface area contributed by atoms with E-state index in [1.165, 1.54) is 18.4 Å². The summed E-state index contributed by atoms with van der Waals surface area (Å²) < 4.78 is 26.9. The van der Waals surface area contributed by atoms with Crippen LogP contribution in [0.4, 0.5) is 23.1 Å². The minimum absolute atomic E-state index is 0.196. The molecule has 9 heteroatoms. The van der Waals surface area contributed by atoms with E-state index in [4.69, 9.17) is 0 Å². The quantitative estimate of drug-likeness (QED) is 0.536. The Bertz CT molecular complexity index is 1180. The van der Waals surface area contributed by atoms with Crippen molar-refractivity contribution >= 4 is 39.5 Å². The smallest absolute Gasteiger partial charge is 0.244 e. The second-order valence-electron chi connectivity index (χ2n) is 7.08. The molecule has 2 aromatic carbocycles. The van der Waals surface area contributed by atoms with E-state index in [0.29, 0.717) is 29.4 Å². The fourth-order valence-electron chi connectivity index (χ4n) is 3.04. The molecule has 0 fully saturated rings. The highest BCUT2D eigenvalue weighted by atomic mass is 32.2. The van der Waals surface area contributed by atoms with E-state index in [2.05, 4.69) is 15.3 Å². The Kier molecular flexibility index (Phi) is 6.67. The van der Waals surface area contributed by atoms with Gasteiger partial charge in [0.15, 0.2) is 0 Å². The molecule has 1 aromatic heterocycles. The average Bonchev–Trinajstić information content (AvgIpc) is 2.79. The number of sulfonamides is 1. The lowest BCUT2D eigenvalue weighted by Gasteiger charge is -2.25. The van der Waals surface area contributed by atoms with E-state index in [9.17, 15) is 13.2 Å². The van der Waals surface area contributed by atoms with Crippen molar-refractivity contribution in [3.05, 3.63) is 65.9 Å². The van der Waals surface area contributed by atoms with Crippen molar-refractivity contribution in [2.45, 2.75) is 18.2 Å². The van der Waals surface area contributed by atoms with Gasteiger partial charge >= 0.3 is 0 Å². The van der Waals surface area contributed by atoms with Crippen molar-refractivity contribution in [3.63, 3.8) is 0 Å². The molecule has 1 N–H and O–H groups in total. The van der Waals surface area contributed by atoms with Crippen LogP contribution in [0.1, 0.15) is 22.8 Å². The summed E-state index contributed by atoms with van der Waals surface area (Å²) in [6.07, 6.45) is 3.18. The number of hydrogen-bond acceptors (Lipinski definition) is 7. The lowest BCUT2D eigenvalue weighted by Crippen LogP contribution is -2.25. The van der Waals surface area contributed by atoms with Gasteiger partial charge in [0.25, 0.3) is 0 Å². The van der Waals surface area contributed by atoms with E-state index in [0.717, 1.165) is 17.5 Å². The molecular formula is C22H25N5O3S. The third kappa shape index (κ3) is 4.73. The van der Waals surface area contributed by atoms with Crippen molar-refractivity contribution in [3.8, 4) is 0 Å². The molecule has 0 atom stereocenters. The van der Waals surface area contributed by atoms with Gasteiger partial charge < -0.3 is 10.2 Å². The van der Waals surface area contributed by atoms with Crippen molar-refractivity contribution in [2.75, 3.05) is 31.4 Å². The number of hydrogen-bond donors (Lipinski definition) is 1. The molecule has 0 unspecified atom stereocenters. The number of aromatic nitrogens is 2. The van der Waals surface area contributed by atoms with Gasteiger partial charge in [-0.15, -0.1) is 0 Å². The average molecular weight is 440 g/mol. The van der Waals surface area contributed by atoms with Gasteiger partial charge in [-0.3, -0.25) is 4.79 Å². The zero-order valence-corrected chi connectivity index (χ0v) is 18.7. The molecule has 0 radical (unpaired) electrons. The largest absolute Gasteiger partial charge is 0.328 e. The first-order chi connectivity index (χ1) is 14.8. The van der Waals surface area contributed by atoms with Gasteiger partial charge in [0.1, 0.15) is 17.0 Å². The van der Waals surface area contributed by atoms with E-state index in [1.807, 2.05) is 6.92 Å². The van der Waals surface area contributed by atoms with Gasteiger partial charge in [0, 0.05) is 44.2 Å². The minimum Gasteiger partial charge on any atom is -0.328 e. The van der Waals surface area contributed by atoms with E-state index in [-0.39, 0.29) is 4.90 Å². The zero-order valence-electron chi connectivity index (χ0n) is 17.9. The Hall–Kier alpha value is -3.30. The summed E-state index contributed by atoms with van der Waals surface area (Å²) in [5, 5.41) is 3.13. The van der Waals surface area contributed by atoms with Crippen LogP contribution >= 0.6 is 0 Å². The maximum Gasteiger partial charge on any atom is 0.244 e. The van der Waals surface area contributed by atoms with Crippen LogP contribution in [0.2, 0.25) is 0 Å². The Morgan fingerprint density at radius 1 is 1.03 bits per heavy atom. The molecule has 8 nitrogen and oxygen atoms in total. The van der Waals surface area contributed by atoms with Crippen LogP contribution in [0.15, 0.2) is 59.6 Å². The molecule has 0 saturated carbocycles. The Morgan fingerprint density at radius 3 is 2.32 bits per heavy atom. The summed E-state index contributed by atoms with van der Waals surface area (Å²) in [6, 6.07) is 13.8. The standard InChI is InChI=1S/C22H25N5O3S/c1-5-17-14-23-22(24-18-12-10-16(15-28)11-13-18)25-21(17)27(4)19-8-6-7-9-20(19)31(29,30)26(2)3/h6-15H,5H2,1-4H3,(H,23,24,25). The monoisotopic (exact) mass is 439 g/mol. The maximum absolute atomic E-state index is 12.8. The number of carbonyl (C=O) groups excluding carboxylic acids is 1. The topological polar surface area (TPSA) is 95.5 Å². The Labute approximate surface area is 182 Å². The Morgan fingerprint density at radius 2 is 1.71 bits per heavy atom. The summed E-state index contributed by atoms with van der Waals surface area (Å²) >= 11 is 0. The van der Waals surface area contributed by atoms with Gasteiger partial charge in [-0.25, -0.2) is 17.7 Å². The molecular weight excluding hydrogens is 414 g/mol. The lowest BCUT2D eigenvalue weighted by molar-refractivity contribution is 0.112. The predicted molar refractivity (Wildman–Crippen MR) is 122 cm³/mol. The molecule has 162 valence electrons. The van der Waals surface area contributed by atoms with Gasteiger partial charge in [-0.1, -0.05) is 19.1 Å². The normalized spacial score (nSPS) is 11.4. The van der Waals surface area contributed by atoms with Crippen LogP contribution in [0.3, 0.4) is 0 Å². The number of carbonyl (C=O) groups is 1. The van der Waals surface area contributed by atoms with Gasteiger partial charge in [0.2, 0.25) is 16.0 Å². The molecule has 3 aromatic rings. The molecule has 0 saturated heterocycles. The molecule has 0 amide bonds. The first kappa shape index (κ1) is 22.4. The van der Waals surface area contributed by atoms with Gasteiger partial charge in [-0.05, 0) is 42.8 Å². The van der Waals surface area contributed by atoms with Crippen LogP contribution in [0.5, 0.6) is 0 Å². The molecule has 0 bridgehead atoms. The number of nitrogens with one attached hydrogen (secondary N) is 1. The molecule has 0 aliphatic rings. The van der Waals surface area contributed by atoms with Gasteiger partial charge in [-0.2, -0.15) is 4.98 Å².